The molecule has 1 aliphatic rings. The maximum absolute atomic E-state index is 12.5. The Morgan fingerprint density at radius 2 is 2.20 bits per heavy atom. The van der Waals surface area contributed by atoms with E-state index < -0.39 is 0 Å². The average molecular weight is 350 g/mol. The molecule has 1 amide bonds. The van der Waals surface area contributed by atoms with Crippen LogP contribution in [0.4, 0.5) is 0 Å². The van der Waals surface area contributed by atoms with Gasteiger partial charge in [0.1, 0.15) is 0 Å². The van der Waals surface area contributed by atoms with Crippen molar-refractivity contribution in [3.63, 3.8) is 0 Å². The van der Waals surface area contributed by atoms with Crippen LogP contribution in [-0.4, -0.2) is 16.8 Å². The highest BCUT2D eigenvalue weighted by atomic mass is 79.9. The van der Waals surface area contributed by atoms with E-state index >= 15 is 0 Å². The van der Waals surface area contributed by atoms with E-state index in [2.05, 4.69) is 33.9 Å². The molecule has 1 saturated carbocycles. The molecule has 0 spiro atoms. The van der Waals surface area contributed by atoms with Gasteiger partial charge in [-0.2, -0.15) is 0 Å². The van der Waals surface area contributed by atoms with E-state index in [1.54, 1.807) is 11.3 Å². The van der Waals surface area contributed by atoms with Crippen LogP contribution in [0.25, 0.3) is 10.1 Å². The zero-order valence-corrected chi connectivity index (χ0v) is 13.5. The van der Waals surface area contributed by atoms with Crippen molar-refractivity contribution in [1.82, 2.24) is 5.32 Å². The standard InChI is InChI=1S/C16H16BrNOS/c1-10-6-7-14(13(17)8-10)18-16(19)12-9-20-15-5-3-2-4-11(12)15/h2-5,9,13-14H,1,6-8H2,(H,18,19). The summed E-state index contributed by atoms with van der Waals surface area (Å²) in [6.45, 7) is 4.03. The van der Waals surface area contributed by atoms with Gasteiger partial charge in [-0.25, -0.2) is 0 Å². The van der Waals surface area contributed by atoms with Crippen LogP contribution in [0.5, 0.6) is 0 Å². The lowest BCUT2D eigenvalue weighted by Crippen LogP contribution is -2.42. The Morgan fingerprint density at radius 1 is 1.40 bits per heavy atom. The van der Waals surface area contributed by atoms with Crippen LogP contribution >= 0.6 is 27.3 Å². The van der Waals surface area contributed by atoms with Gasteiger partial charge >= 0.3 is 0 Å². The third kappa shape index (κ3) is 2.67. The summed E-state index contributed by atoms with van der Waals surface area (Å²) in [5.74, 6) is 0.0319. The molecule has 1 fully saturated rings. The lowest BCUT2D eigenvalue weighted by Gasteiger charge is -2.29. The summed E-state index contributed by atoms with van der Waals surface area (Å²) in [5.41, 5.74) is 2.05. The Kier molecular flexibility index (Phi) is 3.94. The smallest absolute Gasteiger partial charge is 0.253 e. The van der Waals surface area contributed by atoms with E-state index in [0.29, 0.717) is 0 Å². The lowest BCUT2D eigenvalue weighted by atomic mass is 9.91. The highest BCUT2D eigenvalue weighted by Gasteiger charge is 2.26. The zero-order valence-electron chi connectivity index (χ0n) is 11.1. The summed E-state index contributed by atoms with van der Waals surface area (Å²) < 4.78 is 1.16. The van der Waals surface area contributed by atoms with Crippen molar-refractivity contribution in [3.8, 4) is 0 Å². The Morgan fingerprint density at radius 3 is 3.00 bits per heavy atom. The predicted octanol–water partition coefficient (Wildman–Crippen LogP) is 4.50. The third-order valence-corrected chi connectivity index (χ3v) is 5.70. The molecule has 2 atom stereocenters. The highest BCUT2D eigenvalue weighted by Crippen LogP contribution is 2.29. The maximum Gasteiger partial charge on any atom is 0.253 e. The third-order valence-electron chi connectivity index (χ3n) is 3.77. The zero-order chi connectivity index (χ0) is 14.1. The molecule has 0 bridgehead atoms. The van der Waals surface area contributed by atoms with E-state index in [1.807, 2.05) is 23.6 Å². The Labute approximate surface area is 131 Å². The van der Waals surface area contributed by atoms with Gasteiger partial charge in [0.2, 0.25) is 0 Å². The molecule has 3 rings (SSSR count). The van der Waals surface area contributed by atoms with E-state index in [1.165, 1.54) is 5.57 Å². The predicted molar refractivity (Wildman–Crippen MR) is 88.8 cm³/mol. The first-order chi connectivity index (χ1) is 9.65. The second-order valence-electron chi connectivity index (χ2n) is 5.23. The van der Waals surface area contributed by atoms with Gasteiger partial charge in [0.05, 0.1) is 5.56 Å². The first kappa shape index (κ1) is 13.8. The average Bonchev–Trinajstić information content (AvgIpc) is 2.86. The van der Waals surface area contributed by atoms with Crippen LogP contribution in [-0.2, 0) is 0 Å². The molecule has 20 heavy (non-hydrogen) atoms. The van der Waals surface area contributed by atoms with Gasteiger partial charge in [0, 0.05) is 26.3 Å². The Hall–Kier alpha value is -1.13. The fourth-order valence-electron chi connectivity index (χ4n) is 2.62. The number of thiophene rings is 1. The molecule has 2 unspecified atom stereocenters. The molecule has 1 aromatic heterocycles. The fourth-order valence-corrected chi connectivity index (χ4v) is 4.42. The van der Waals surface area contributed by atoms with Crippen molar-refractivity contribution in [1.29, 1.82) is 0 Å². The molecule has 0 aliphatic heterocycles. The molecule has 1 N–H and O–H groups in total. The number of nitrogens with one attached hydrogen (secondary N) is 1. The molecule has 2 nitrogen and oxygen atoms in total. The normalized spacial score (nSPS) is 22.9. The van der Waals surface area contributed by atoms with Crippen LogP contribution in [0.15, 0.2) is 41.8 Å². The minimum atomic E-state index is 0.0319. The molecule has 4 heteroatoms. The van der Waals surface area contributed by atoms with Crippen molar-refractivity contribution < 1.29 is 4.79 Å². The van der Waals surface area contributed by atoms with Crippen molar-refractivity contribution in [2.45, 2.75) is 30.1 Å². The number of rotatable bonds is 2. The van der Waals surface area contributed by atoms with Gasteiger partial charge in [-0.15, -0.1) is 11.3 Å². The van der Waals surface area contributed by atoms with Crippen LogP contribution in [0.2, 0.25) is 0 Å². The number of hydrogen-bond acceptors (Lipinski definition) is 2. The van der Waals surface area contributed by atoms with E-state index in [0.717, 1.165) is 34.9 Å². The molecule has 0 saturated heterocycles. The highest BCUT2D eigenvalue weighted by molar-refractivity contribution is 9.09. The first-order valence-corrected chi connectivity index (χ1v) is 8.52. The topological polar surface area (TPSA) is 29.1 Å². The van der Waals surface area contributed by atoms with Crippen molar-refractivity contribution >= 4 is 43.3 Å². The van der Waals surface area contributed by atoms with Gasteiger partial charge in [-0.1, -0.05) is 46.3 Å². The van der Waals surface area contributed by atoms with Gasteiger partial charge in [0.25, 0.3) is 5.91 Å². The molecule has 1 heterocycles. The molecular formula is C16H16BrNOS. The molecule has 2 aromatic rings. The van der Waals surface area contributed by atoms with Crippen LogP contribution in [0.1, 0.15) is 29.6 Å². The maximum atomic E-state index is 12.5. The first-order valence-electron chi connectivity index (χ1n) is 6.73. The summed E-state index contributed by atoms with van der Waals surface area (Å²) >= 11 is 5.28. The molecule has 1 aromatic carbocycles. The summed E-state index contributed by atoms with van der Waals surface area (Å²) in [4.78, 5) is 12.8. The Balaban J connectivity index is 1.78. The number of allylic oxidation sites excluding steroid dienone is 1. The van der Waals surface area contributed by atoms with Gasteiger partial charge in [-0.3, -0.25) is 4.79 Å². The Bertz CT molecular complexity index is 663. The number of fused-ring (bicyclic) bond motifs is 1. The number of carbonyl (C=O) groups excluding carboxylic acids is 1. The quantitative estimate of drug-likeness (QED) is 0.627. The summed E-state index contributed by atoms with van der Waals surface area (Å²) in [6.07, 6.45) is 2.90. The minimum absolute atomic E-state index is 0.0319. The summed E-state index contributed by atoms with van der Waals surface area (Å²) in [7, 11) is 0. The summed E-state index contributed by atoms with van der Waals surface area (Å²) in [5, 5.41) is 6.16. The SMILES string of the molecule is C=C1CCC(NC(=O)c2csc3ccccc23)C(Br)C1. The van der Waals surface area contributed by atoms with Gasteiger partial charge in [-0.05, 0) is 25.3 Å². The number of amides is 1. The lowest BCUT2D eigenvalue weighted by molar-refractivity contribution is 0.0934. The van der Waals surface area contributed by atoms with Crippen LogP contribution in [0.3, 0.4) is 0 Å². The number of halogens is 1. The van der Waals surface area contributed by atoms with Crippen molar-refractivity contribution in [3.05, 3.63) is 47.4 Å². The van der Waals surface area contributed by atoms with Gasteiger partial charge < -0.3 is 5.32 Å². The summed E-state index contributed by atoms with van der Waals surface area (Å²) in [6, 6.07) is 8.22. The molecule has 0 radical (unpaired) electrons. The molecule has 1 aliphatic carbocycles. The van der Waals surface area contributed by atoms with Gasteiger partial charge in [0.15, 0.2) is 0 Å². The van der Waals surface area contributed by atoms with E-state index in [4.69, 9.17) is 0 Å². The second kappa shape index (κ2) is 5.70. The number of hydrogen-bond donors (Lipinski definition) is 1. The number of alkyl halides is 1. The fraction of sp³-hybridized carbons (Fsp3) is 0.312. The monoisotopic (exact) mass is 349 g/mol. The number of benzene rings is 1. The second-order valence-corrected chi connectivity index (χ2v) is 7.32. The van der Waals surface area contributed by atoms with Crippen molar-refractivity contribution in [2.75, 3.05) is 0 Å². The largest absolute Gasteiger partial charge is 0.348 e. The minimum Gasteiger partial charge on any atom is -0.348 e. The van der Waals surface area contributed by atoms with Crippen LogP contribution in [0, 0.1) is 0 Å². The molecule has 104 valence electrons. The number of carbonyl (C=O) groups is 1. The van der Waals surface area contributed by atoms with Crippen molar-refractivity contribution in [2.24, 2.45) is 0 Å². The van der Waals surface area contributed by atoms with E-state index in [9.17, 15) is 4.79 Å². The van der Waals surface area contributed by atoms with Crippen LogP contribution < -0.4 is 5.32 Å². The molecular weight excluding hydrogens is 334 g/mol. The van der Waals surface area contributed by atoms with E-state index in [-0.39, 0.29) is 16.8 Å².